The lowest BCUT2D eigenvalue weighted by Crippen LogP contribution is -2.22. The van der Waals surface area contributed by atoms with Crippen LogP contribution in [0.4, 0.5) is 4.39 Å². The maximum atomic E-state index is 14.9. The normalized spacial score (nSPS) is 11.5. The Kier molecular flexibility index (Phi) is 8.17. The molecule has 0 spiro atoms. The maximum absolute atomic E-state index is 14.9. The number of nitrogens with zero attached hydrogens (tertiary/aromatic N) is 3. The molecule has 2 heterocycles. The van der Waals surface area contributed by atoms with E-state index in [9.17, 15) is 4.39 Å². The van der Waals surface area contributed by atoms with Crippen LogP contribution >= 0.6 is 0 Å². The van der Waals surface area contributed by atoms with Crippen LogP contribution in [-0.2, 0) is 18.1 Å². The molecule has 188 valence electrons. The fourth-order valence-corrected chi connectivity index (χ4v) is 4.34. The van der Waals surface area contributed by atoms with Gasteiger partial charge in [-0.15, -0.1) is 0 Å². The number of ether oxygens (including phenoxy) is 3. The number of hydrogen-bond acceptors (Lipinski definition) is 5. The van der Waals surface area contributed by atoms with Crippen LogP contribution in [0.1, 0.15) is 5.56 Å². The second-order valence-electron chi connectivity index (χ2n) is 9.77. The van der Waals surface area contributed by atoms with Crippen molar-refractivity contribution in [1.29, 1.82) is 0 Å². The van der Waals surface area contributed by atoms with E-state index in [0.717, 1.165) is 22.9 Å². The Morgan fingerprint density at radius 1 is 0.944 bits per heavy atom. The maximum Gasteiger partial charge on any atom is 0.255 e. The molecule has 0 saturated heterocycles. The van der Waals surface area contributed by atoms with Crippen molar-refractivity contribution in [2.45, 2.75) is 39.0 Å². The number of aromatic nitrogens is 3. The molecule has 2 aromatic carbocycles. The summed E-state index contributed by atoms with van der Waals surface area (Å²) < 4.78 is 33.5. The lowest BCUT2D eigenvalue weighted by molar-refractivity contribution is 0.0788. The predicted molar refractivity (Wildman–Crippen MR) is 142 cm³/mol. The van der Waals surface area contributed by atoms with Crippen LogP contribution in [0.15, 0.2) is 72.9 Å². The molecular formula is C28H32FN3O3Si. The van der Waals surface area contributed by atoms with Gasteiger partial charge in [-0.3, -0.25) is 0 Å². The van der Waals surface area contributed by atoms with Crippen LogP contribution in [0, 0.1) is 5.95 Å². The summed E-state index contributed by atoms with van der Waals surface area (Å²) in [6.07, 6.45) is 1.85. The smallest absolute Gasteiger partial charge is 0.255 e. The Balaban J connectivity index is 1.58. The van der Waals surface area contributed by atoms with Crippen molar-refractivity contribution in [2.24, 2.45) is 0 Å². The standard InChI is InChI=1S/C28H32FN3O3Si/c1-33-23-12-10-22(11-13-23)27-24(18-32(31-27)20-34-16-17-36(2,3)4)25-14-15-26(28(29)30-25)35-19-21-8-6-5-7-9-21/h5-15,18H,16-17,19-20H2,1-4H3. The van der Waals surface area contributed by atoms with Gasteiger partial charge in [0.1, 0.15) is 24.8 Å². The Bertz CT molecular complexity index is 1270. The van der Waals surface area contributed by atoms with Gasteiger partial charge in [-0.1, -0.05) is 50.0 Å². The topological polar surface area (TPSA) is 58.4 Å². The minimum absolute atomic E-state index is 0.107. The van der Waals surface area contributed by atoms with Gasteiger partial charge in [0, 0.05) is 32.0 Å². The van der Waals surface area contributed by atoms with Gasteiger partial charge in [-0.25, -0.2) is 9.67 Å². The molecule has 0 aliphatic rings. The summed E-state index contributed by atoms with van der Waals surface area (Å²) in [6.45, 7) is 8.22. The predicted octanol–water partition coefficient (Wildman–Crippen LogP) is 6.65. The van der Waals surface area contributed by atoms with Gasteiger partial charge in [0.15, 0.2) is 5.75 Å². The van der Waals surface area contributed by atoms with Crippen LogP contribution in [0.2, 0.25) is 25.7 Å². The van der Waals surface area contributed by atoms with E-state index < -0.39 is 14.0 Å². The number of hydrogen-bond donors (Lipinski definition) is 0. The highest BCUT2D eigenvalue weighted by Gasteiger charge is 2.18. The van der Waals surface area contributed by atoms with Crippen LogP contribution < -0.4 is 9.47 Å². The lowest BCUT2D eigenvalue weighted by Gasteiger charge is -2.15. The van der Waals surface area contributed by atoms with Crippen molar-refractivity contribution in [1.82, 2.24) is 14.8 Å². The molecule has 0 N–H and O–H groups in total. The minimum atomic E-state index is -1.19. The molecule has 0 saturated carbocycles. The zero-order valence-electron chi connectivity index (χ0n) is 21.2. The second-order valence-corrected chi connectivity index (χ2v) is 15.4. The first-order chi connectivity index (χ1) is 17.3. The minimum Gasteiger partial charge on any atom is -0.497 e. The van der Waals surface area contributed by atoms with Crippen molar-refractivity contribution >= 4 is 8.07 Å². The van der Waals surface area contributed by atoms with Crippen molar-refractivity contribution < 1.29 is 18.6 Å². The third-order valence-electron chi connectivity index (χ3n) is 5.67. The van der Waals surface area contributed by atoms with Gasteiger partial charge >= 0.3 is 0 Å². The molecule has 0 radical (unpaired) electrons. The van der Waals surface area contributed by atoms with E-state index in [1.807, 2.05) is 60.8 Å². The third kappa shape index (κ3) is 6.80. The van der Waals surface area contributed by atoms with E-state index >= 15 is 0 Å². The van der Waals surface area contributed by atoms with Gasteiger partial charge in [-0.05, 0) is 48.0 Å². The summed E-state index contributed by atoms with van der Waals surface area (Å²) in [5, 5.41) is 4.74. The second kappa shape index (κ2) is 11.5. The Morgan fingerprint density at radius 2 is 1.69 bits per heavy atom. The monoisotopic (exact) mass is 505 g/mol. The molecule has 6 nitrogen and oxygen atoms in total. The number of rotatable bonds is 11. The molecule has 4 rings (SSSR count). The SMILES string of the molecule is COc1ccc(-c2nn(COCC[Si](C)(C)C)cc2-c2ccc(OCc3ccccc3)c(F)n2)cc1. The molecule has 0 amide bonds. The zero-order chi connectivity index (χ0) is 25.5. The first kappa shape index (κ1) is 25.6. The number of halogens is 1. The Morgan fingerprint density at radius 3 is 2.36 bits per heavy atom. The van der Waals surface area contributed by atoms with Gasteiger partial charge in [-0.2, -0.15) is 9.49 Å². The summed E-state index contributed by atoms with van der Waals surface area (Å²) in [6, 6.07) is 21.7. The first-order valence-corrected chi connectivity index (χ1v) is 15.7. The molecule has 0 unspecified atom stereocenters. The van der Waals surface area contributed by atoms with E-state index in [4.69, 9.17) is 19.3 Å². The van der Waals surface area contributed by atoms with Gasteiger partial charge < -0.3 is 14.2 Å². The van der Waals surface area contributed by atoms with Crippen molar-refractivity contribution in [2.75, 3.05) is 13.7 Å². The molecule has 0 fully saturated rings. The van der Waals surface area contributed by atoms with E-state index in [1.165, 1.54) is 0 Å². The fourth-order valence-electron chi connectivity index (χ4n) is 3.59. The molecule has 2 aromatic heterocycles. The summed E-state index contributed by atoms with van der Waals surface area (Å²) >= 11 is 0. The molecule has 36 heavy (non-hydrogen) atoms. The summed E-state index contributed by atoms with van der Waals surface area (Å²) in [5.41, 5.74) is 3.70. The van der Waals surface area contributed by atoms with E-state index in [0.29, 0.717) is 30.3 Å². The Hall–Kier alpha value is -3.49. The van der Waals surface area contributed by atoms with Crippen LogP contribution in [0.25, 0.3) is 22.5 Å². The third-order valence-corrected chi connectivity index (χ3v) is 7.38. The summed E-state index contributed by atoms with van der Waals surface area (Å²) in [4.78, 5) is 4.21. The molecular weight excluding hydrogens is 473 g/mol. The molecule has 0 atom stereocenters. The van der Waals surface area contributed by atoms with E-state index in [1.54, 1.807) is 23.9 Å². The van der Waals surface area contributed by atoms with Crippen molar-refractivity contribution in [3.8, 4) is 34.0 Å². The van der Waals surface area contributed by atoms with E-state index in [2.05, 4.69) is 24.6 Å². The van der Waals surface area contributed by atoms with Crippen LogP contribution in [-0.4, -0.2) is 36.6 Å². The number of benzene rings is 2. The molecule has 8 heteroatoms. The average Bonchev–Trinajstić information content (AvgIpc) is 3.30. The van der Waals surface area contributed by atoms with Crippen molar-refractivity contribution in [3.63, 3.8) is 0 Å². The van der Waals surface area contributed by atoms with Crippen LogP contribution in [0.5, 0.6) is 11.5 Å². The summed E-state index contributed by atoms with van der Waals surface area (Å²) in [7, 11) is 0.440. The number of methoxy groups -OCH3 is 1. The highest BCUT2D eigenvalue weighted by Crippen LogP contribution is 2.32. The van der Waals surface area contributed by atoms with Crippen LogP contribution in [0.3, 0.4) is 0 Å². The molecule has 0 bridgehead atoms. The fraction of sp³-hybridized carbons (Fsp3) is 0.286. The number of pyridine rings is 1. The molecule has 0 aliphatic carbocycles. The van der Waals surface area contributed by atoms with Crippen molar-refractivity contribution in [3.05, 3.63) is 84.4 Å². The van der Waals surface area contributed by atoms with E-state index in [-0.39, 0.29) is 12.4 Å². The zero-order valence-corrected chi connectivity index (χ0v) is 22.2. The Labute approximate surface area is 212 Å². The van der Waals surface area contributed by atoms with Gasteiger partial charge in [0.2, 0.25) is 0 Å². The largest absolute Gasteiger partial charge is 0.497 e. The highest BCUT2D eigenvalue weighted by atomic mass is 28.3. The quantitative estimate of drug-likeness (QED) is 0.130. The molecule has 0 aliphatic heterocycles. The van der Waals surface area contributed by atoms with Gasteiger partial charge in [0.25, 0.3) is 5.95 Å². The summed E-state index contributed by atoms with van der Waals surface area (Å²) in [5.74, 6) is 0.192. The highest BCUT2D eigenvalue weighted by molar-refractivity contribution is 6.76. The lowest BCUT2D eigenvalue weighted by atomic mass is 10.1. The average molecular weight is 506 g/mol. The van der Waals surface area contributed by atoms with Gasteiger partial charge in [0.05, 0.1) is 12.8 Å². The first-order valence-electron chi connectivity index (χ1n) is 12.0. The molecule has 4 aromatic rings.